The lowest BCUT2D eigenvalue weighted by Gasteiger charge is -2.06. The SMILES string of the molecule is C=C(C)C(=O)OCCCCCCOC(=O)C(=C)C.C=CC(=O)OCCOCCOCCOC(=O)C=C. The molecule has 0 saturated heterocycles. The number of hydrogen-bond acceptors (Lipinski definition) is 10. The van der Waals surface area contributed by atoms with E-state index < -0.39 is 11.9 Å². The summed E-state index contributed by atoms with van der Waals surface area (Å²) >= 11 is 0. The Balaban J connectivity index is 0. The van der Waals surface area contributed by atoms with Crippen molar-refractivity contribution in [3.63, 3.8) is 0 Å². The van der Waals surface area contributed by atoms with Crippen LogP contribution in [0.25, 0.3) is 0 Å². The molecule has 0 spiro atoms. The van der Waals surface area contributed by atoms with Gasteiger partial charge in [-0.25, -0.2) is 19.2 Å². The van der Waals surface area contributed by atoms with Gasteiger partial charge in [-0.2, -0.15) is 0 Å². The molecule has 0 aliphatic rings. The van der Waals surface area contributed by atoms with Crippen LogP contribution in [-0.4, -0.2) is 76.7 Å². The van der Waals surface area contributed by atoms with Gasteiger partial charge in [0.15, 0.2) is 0 Å². The Morgan fingerprint density at radius 1 is 0.528 bits per heavy atom. The number of hydrogen-bond donors (Lipinski definition) is 0. The molecule has 0 aliphatic heterocycles. The molecule has 0 atom stereocenters. The van der Waals surface area contributed by atoms with Crippen LogP contribution in [0.2, 0.25) is 0 Å². The second-order valence-electron chi connectivity index (χ2n) is 7.21. The molecule has 0 fully saturated rings. The zero-order valence-electron chi connectivity index (χ0n) is 21.6. The lowest BCUT2D eigenvalue weighted by molar-refractivity contribution is -0.141. The maximum atomic E-state index is 11.0. The van der Waals surface area contributed by atoms with Crippen molar-refractivity contribution >= 4 is 23.9 Å². The van der Waals surface area contributed by atoms with Crippen LogP contribution in [0.3, 0.4) is 0 Å². The van der Waals surface area contributed by atoms with Crippen molar-refractivity contribution in [2.45, 2.75) is 39.5 Å². The highest BCUT2D eigenvalue weighted by atomic mass is 16.6. The van der Waals surface area contributed by atoms with Gasteiger partial charge in [-0.1, -0.05) is 26.3 Å². The van der Waals surface area contributed by atoms with E-state index in [2.05, 4.69) is 35.8 Å². The second-order valence-corrected chi connectivity index (χ2v) is 7.21. The van der Waals surface area contributed by atoms with E-state index in [4.69, 9.17) is 18.9 Å². The minimum absolute atomic E-state index is 0.182. The lowest BCUT2D eigenvalue weighted by atomic mass is 10.2. The molecule has 0 radical (unpaired) electrons. The van der Waals surface area contributed by atoms with E-state index in [9.17, 15) is 19.2 Å². The first-order chi connectivity index (χ1) is 17.1. The fourth-order valence-corrected chi connectivity index (χ4v) is 1.98. The number of esters is 4. The van der Waals surface area contributed by atoms with Crippen LogP contribution in [0.1, 0.15) is 39.5 Å². The first kappa shape index (κ1) is 34.9. The minimum atomic E-state index is -0.473. The van der Waals surface area contributed by atoms with Crippen molar-refractivity contribution in [2.75, 3.05) is 52.9 Å². The smallest absolute Gasteiger partial charge is 0.333 e. The zero-order chi connectivity index (χ0) is 27.6. The largest absolute Gasteiger partial charge is 0.462 e. The van der Waals surface area contributed by atoms with Gasteiger partial charge < -0.3 is 28.4 Å². The second kappa shape index (κ2) is 24.9. The first-order valence-electron chi connectivity index (χ1n) is 11.5. The van der Waals surface area contributed by atoms with E-state index in [-0.39, 0.29) is 25.2 Å². The van der Waals surface area contributed by atoms with Crippen molar-refractivity contribution < 1.29 is 47.6 Å². The summed E-state index contributed by atoms with van der Waals surface area (Å²) in [4.78, 5) is 43.3. The summed E-state index contributed by atoms with van der Waals surface area (Å²) in [7, 11) is 0. The predicted molar refractivity (Wildman–Crippen MR) is 134 cm³/mol. The molecule has 0 amide bonds. The first-order valence-corrected chi connectivity index (χ1v) is 11.5. The average molecular weight is 513 g/mol. The molecule has 0 aromatic rings. The zero-order valence-corrected chi connectivity index (χ0v) is 21.6. The fraction of sp³-hybridized carbons (Fsp3) is 0.538. The molecule has 0 rings (SSSR count). The fourth-order valence-electron chi connectivity index (χ4n) is 1.98. The third kappa shape index (κ3) is 25.4. The lowest BCUT2D eigenvalue weighted by Crippen LogP contribution is -2.13. The molecule has 0 bridgehead atoms. The highest BCUT2D eigenvalue weighted by molar-refractivity contribution is 5.87. The number of ether oxygens (including phenoxy) is 6. The number of carbonyl (C=O) groups excluding carboxylic acids is 4. The van der Waals surface area contributed by atoms with Crippen LogP contribution in [0.15, 0.2) is 49.6 Å². The van der Waals surface area contributed by atoms with Gasteiger partial charge in [0.25, 0.3) is 0 Å². The molecule has 36 heavy (non-hydrogen) atoms. The molecule has 0 N–H and O–H groups in total. The quantitative estimate of drug-likeness (QED) is 0.104. The van der Waals surface area contributed by atoms with Gasteiger partial charge in [0, 0.05) is 23.3 Å². The normalized spacial score (nSPS) is 9.61. The standard InChI is InChI=1S/C14H22O4.C12H18O6/c1-11(2)13(15)17-9-7-5-6-8-10-18-14(16)12(3)4;1-3-11(13)17-9-7-15-5-6-16-8-10-18-12(14)4-2/h1,3,5-10H2,2,4H3;3-4H,1-2,5-10H2. The molecule has 10 heteroatoms. The van der Waals surface area contributed by atoms with Crippen LogP contribution >= 0.6 is 0 Å². The van der Waals surface area contributed by atoms with Crippen molar-refractivity contribution in [2.24, 2.45) is 0 Å². The van der Waals surface area contributed by atoms with E-state index in [1.165, 1.54) is 0 Å². The van der Waals surface area contributed by atoms with E-state index >= 15 is 0 Å². The maximum absolute atomic E-state index is 11.0. The van der Waals surface area contributed by atoms with Gasteiger partial charge in [0.2, 0.25) is 0 Å². The Morgan fingerprint density at radius 2 is 0.861 bits per heavy atom. The average Bonchev–Trinajstić information content (AvgIpc) is 2.86. The van der Waals surface area contributed by atoms with E-state index in [0.29, 0.717) is 50.8 Å². The highest BCUT2D eigenvalue weighted by Crippen LogP contribution is 2.03. The Hall–Kier alpha value is -3.24. The molecule has 0 heterocycles. The van der Waals surface area contributed by atoms with Gasteiger partial charge >= 0.3 is 23.9 Å². The summed E-state index contributed by atoms with van der Waals surface area (Å²) < 4.78 is 29.5. The van der Waals surface area contributed by atoms with Crippen molar-refractivity contribution in [1.29, 1.82) is 0 Å². The third-order valence-corrected chi connectivity index (χ3v) is 3.85. The summed E-state index contributed by atoms with van der Waals surface area (Å²) in [6.45, 7) is 19.3. The summed E-state index contributed by atoms with van der Waals surface area (Å²) in [5.74, 6) is -1.63. The van der Waals surface area contributed by atoms with E-state index in [1.807, 2.05) is 0 Å². The monoisotopic (exact) mass is 512 g/mol. The van der Waals surface area contributed by atoms with E-state index in [0.717, 1.165) is 37.8 Å². The molecular weight excluding hydrogens is 472 g/mol. The van der Waals surface area contributed by atoms with Gasteiger partial charge in [0.1, 0.15) is 13.2 Å². The Bertz CT molecular complexity index is 652. The summed E-state index contributed by atoms with van der Waals surface area (Å²) in [5, 5.41) is 0. The third-order valence-electron chi connectivity index (χ3n) is 3.85. The van der Waals surface area contributed by atoms with Gasteiger partial charge in [-0.15, -0.1) is 0 Å². The van der Waals surface area contributed by atoms with Crippen LogP contribution in [0, 0.1) is 0 Å². The van der Waals surface area contributed by atoms with Crippen LogP contribution in [0.4, 0.5) is 0 Å². The summed E-state index contributed by atoms with van der Waals surface area (Å²) in [5.41, 5.74) is 0.836. The van der Waals surface area contributed by atoms with Crippen LogP contribution < -0.4 is 0 Å². The molecule has 0 aliphatic carbocycles. The predicted octanol–water partition coefficient (Wildman–Crippen LogP) is 3.26. The maximum Gasteiger partial charge on any atom is 0.333 e. The molecule has 0 unspecified atom stereocenters. The molecule has 10 nitrogen and oxygen atoms in total. The Labute approximate surface area is 213 Å². The Kier molecular flexibility index (Phi) is 24.1. The molecule has 204 valence electrons. The van der Waals surface area contributed by atoms with Gasteiger partial charge in [0.05, 0.1) is 39.6 Å². The van der Waals surface area contributed by atoms with Crippen LogP contribution in [0.5, 0.6) is 0 Å². The van der Waals surface area contributed by atoms with Crippen molar-refractivity contribution in [3.8, 4) is 0 Å². The molecule has 0 aromatic heterocycles. The summed E-state index contributed by atoms with van der Waals surface area (Å²) in [6.07, 6.45) is 5.68. The molecular formula is C26H40O10. The Morgan fingerprint density at radius 3 is 1.17 bits per heavy atom. The summed E-state index contributed by atoms with van der Waals surface area (Å²) in [6, 6.07) is 0. The topological polar surface area (TPSA) is 124 Å². The highest BCUT2D eigenvalue weighted by Gasteiger charge is 2.03. The van der Waals surface area contributed by atoms with Crippen LogP contribution in [-0.2, 0) is 47.6 Å². The van der Waals surface area contributed by atoms with Crippen molar-refractivity contribution in [3.05, 3.63) is 49.6 Å². The number of carbonyl (C=O) groups is 4. The molecule has 0 aromatic carbocycles. The minimum Gasteiger partial charge on any atom is -0.462 e. The van der Waals surface area contributed by atoms with E-state index in [1.54, 1.807) is 13.8 Å². The number of unbranched alkanes of at least 4 members (excludes halogenated alkanes) is 3. The van der Waals surface area contributed by atoms with Crippen molar-refractivity contribution in [1.82, 2.24) is 0 Å². The molecule has 0 saturated carbocycles. The van der Waals surface area contributed by atoms with Gasteiger partial charge in [-0.3, -0.25) is 0 Å². The number of rotatable bonds is 20. The van der Waals surface area contributed by atoms with Gasteiger partial charge in [-0.05, 0) is 39.5 Å².